The van der Waals surface area contributed by atoms with E-state index in [1.165, 1.54) is 0 Å². The van der Waals surface area contributed by atoms with E-state index in [2.05, 4.69) is 10.6 Å². The number of hydrogen-bond donors (Lipinski definition) is 2. The van der Waals surface area contributed by atoms with E-state index >= 15 is 0 Å². The maximum absolute atomic E-state index is 12.1. The fourth-order valence-electron chi connectivity index (χ4n) is 2.20. The van der Waals surface area contributed by atoms with Gasteiger partial charge in [0, 0.05) is 16.3 Å². The molecule has 138 valence electrons. The summed E-state index contributed by atoms with van der Waals surface area (Å²) in [6.45, 7) is 0.165. The molecule has 0 bridgehead atoms. The molecule has 5 nitrogen and oxygen atoms in total. The number of amides is 2. The third kappa shape index (κ3) is 6.53. The molecule has 2 aromatic carbocycles. The van der Waals surface area contributed by atoms with Crippen LogP contribution in [0.2, 0.25) is 10.0 Å². The normalized spacial score (nSPS) is 10.7. The van der Waals surface area contributed by atoms with Crippen LogP contribution in [0.4, 0.5) is 11.4 Å². The van der Waals surface area contributed by atoms with Crippen molar-refractivity contribution >= 4 is 58.2 Å². The van der Waals surface area contributed by atoms with Gasteiger partial charge >= 0.3 is 0 Å². The summed E-state index contributed by atoms with van der Waals surface area (Å²) in [5, 5.41) is 6.31. The van der Waals surface area contributed by atoms with Crippen LogP contribution in [-0.4, -0.2) is 43.1 Å². The van der Waals surface area contributed by atoms with Crippen molar-refractivity contribution in [2.75, 3.05) is 37.0 Å². The number of hydrogen-bond acceptors (Lipinski definition) is 4. The molecule has 0 heterocycles. The van der Waals surface area contributed by atoms with E-state index in [9.17, 15) is 9.59 Å². The van der Waals surface area contributed by atoms with E-state index in [4.69, 9.17) is 23.2 Å². The highest BCUT2D eigenvalue weighted by Gasteiger charge is 2.12. The molecule has 0 unspecified atom stereocenters. The van der Waals surface area contributed by atoms with E-state index in [0.717, 1.165) is 10.6 Å². The van der Waals surface area contributed by atoms with Gasteiger partial charge in [-0.1, -0.05) is 23.2 Å². The number of carbonyl (C=O) groups is 2. The molecule has 0 aliphatic heterocycles. The quantitative estimate of drug-likeness (QED) is 0.669. The molecule has 0 fully saturated rings. The first kappa shape index (κ1) is 20.6. The summed E-state index contributed by atoms with van der Waals surface area (Å²) in [6.07, 6.45) is 1.99. The van der Waals surface area contributed by atoms with Crippen molar-refractivity contribution in [1.29, 1.82) is 0 Å². The first-order valence-corrected chi connectivity index (χ1v) is 9.73. The molecule has 0 aromatic heterocycles. The Morgan fingerprint density at radius 2 is 1.46 bits per heavy atom. The summed E-state index contributed by atoms with van der Waals surface area (Å²) in [7, 11) is 1.70. The van der Waals surface area contributed by atoms with Crippen LogP contribution in [0.15, 0.2) is 47.4 Å². The van der Waals surface area contributed by atoms with Gasteiger partial charge in [0.2, 0.25) is 11.8 Å². The number of carbonyl (C=O) groups excluding carboxylic acids is 2. The zero-order valence-electron chi connectivity index (χ0n) is 14.4. The topological polar surface area (TPSA) is 61.4 Å². The van der Waals surface area contributed by atoms with Crippen LogP contribution in [0.5, 0.6) is 0 Å². The third-order valence-electron chi connectivity index (χ3n) is 3.40. The lowest BCUT2D eigenvalue weighted by atomic mass is 10.3. The van der Waals surface area contributed by atoms with Crippen LogP contribution >= 0.6 is 35.0 Å². The zero-order chi connectivity index (χ0) is 19.1. The molecule has 2 rings (SSSR count). The second-order valence-corrected chi connectivity index (χ2v) is 7.32. The van der Waals surface area contributed by atoms with Crippen molar-refractivity contribution in [3.63, 3.8) is 0 Å². The number of rotatable bonds is 7. The number of halogens is 2. The van der Waals surface area contributed by atoms with E-state index in [-0.39, 0.29) is 24.9 Å². The average molecular weight is 412 g/mol. The Labute approximate surface area is 167 Å². The van der Waals surface area contributed by atoms with Crippen LogP contribution < -0.4 is 10.6 Å². The minimum Gasteiger partial charge on any atom is -0.325 e. The molecule has 2 amide bonds. The lowest BCUT2D eigenvalue weighted by Crippen LogP contribution is -2.36. The van der Waals surface area contributed by atoms with Crippen LogP contribution in [0.3, 0.4) is 0 Å². The highest BCUT2D eigenvalue weighted by molar-refractivity contribution is 7.98. The summed E-state index contributed by atoms with van der Waals surface area (Å²) in [5.74, 6) is -0.435. The van der Waals surface area contributed by atoms with Crippen LogP contribution in [-0.2, 0) is 9.59 Å². The van der Waals surface area contributed by atoms with Gasteiger partial charge < -0.3 is 10.6 Å². The fourth-order valence-corrected chi connectivity index (χ4v) is 2.90. The summed E-state index contributed by atoms with van der Waals surface area (Å²) in [5.41, 5.74) is 1.28. The van der Waals surface area contributed by atoms with Crippen molar-refractivity contribution in [2.45, 2.75) is 4.90 Å². The van der Waals surface area contributed by atoms with Crippen molar-refractivity contribution in [3.8, 4) is 0 Å². The standard InChI is InChI=1S/C18H19Cl2N3O2S/c1-23(10-17(24)21-12-3-6-14(26-2)7-4-12)11-18(25)22-13-5-8-15(19)16(20)9-13/h3-9H,10-11H2,1-2H3,(H,21,24)(H,22,25). The molecule has 2 N–H and O–H groups in total. The Morgan fingerprint density at radius 1 is 0.923 bits per heavy atom. The number of nitrogens with zero attached hydrogens (tertiary/aromatic N) is 1. The SMILES string of the molecule is CSc1ccc(NC(=O)CN(C)CC(=O)Nc2ccc(Cl)c(Cl)c2)cc1. The predicted octanol–water partition coefficient (Wildman–Crippen LogP) is 4.22. The van der Waals surface area contributed by atoms with E-state index in [1.54, 1.807) is 41.9 Å². The summed E-state index contributed by atoms with van der Waals surface area (Å²) >= 11 is 13.4. The number of nitrogens with one attached hydrogen (secondary N) is 2. The first-order valence-electron chi connectivity index (χ1n) is 7.74. The monoisotopic (exact) mass is 411 g/mol. The number of anilines is 2. The second-order valence-electron chi connectivity index (χ2n) is 5.63. The average Bonchev–Trinajstić information content (AvgIpc) is 2.58. The minimum absolute atomic E-state index is 0.0685. The highest BCUT2D eigenvalue weighted by Crippen LogP contribution is 2.25. The summed E-state index contributed by atoms with van der Waals surface area (Å²) in [6, 6.07) is 12.4. The summed E-state index contributed by atoms with van der Waals surface area (Å²) < 4.78 is 0. The Balaban J connectivity index is 1.80. The summed E-state index contributed by atoms with van der Waals surface area (Å²) in [4.78, 5) is 26.9. The lowest BCUT2D eigenvalue weighted by Gasteiger charge is -2.16. The van der Waals surface area contributed by atoms with Crippen molar-refractivity contribution in [1.82, 2.24) is 4.90 Å². The van der Waals surface area contributed by atoms with Gasteiger partial charge in [-0.15, -0.1) is 11.8 Å². The van der Waals surface area contributed by atoms with Gasteiger partial charge in [0.25, 0.3) is 0 Å². The predicted molar refractivity (Wildman–Crippen MR) is 109 cm³/mol. The lowest BCUT2D eigenvalue weighted by molar-refractivity contribution is -0.119. The number of benzene rings is 2. The molecule has 2 aromatic rings. The van der Waals surface area contributed by atoms with Gasteiger partial charge in [-0.2, -0.15) is 0 Å². The molecular formula is C18H19Cl2N3O2S. The first-order chi connectivity index (χ1) is 12.4. The molecular weight excluding hydrogens is 393 g/mol. The Hall–Kier alpha value is -1.73. The van der Waals surface area contributed by atoms with Gasteiger partial charge in [-0.05, 0) is 55.8 Å². The fraction of sp³-hybridized carbons (Fsp3) is 0.222. The number of likely N-dealkylation sites (N-methyl/N-ethyl adjacent to an activating group) is 1. The van der Waals surface area contributed by atoms with Crippen molar-refractivity contribution < 1.29 is 9.59 Å². The molecule has 26 heavy (non-hydrogen) atoms. The van der Waals surface area contributed by atoms with Gasteiger partial charge in [0.1, 0.15) is 0 Å². The molecule has 0 saturated heterocycles. The Morgan fingerprint density at radius 3 is 2.00 bits per heavy atom. The van der Waals surface area contributed by atoms with Crippen LogP contribution in [0, 0.1) is 0 Å². The molecule has 0 radical (unpaired) electrons. The smallest absolute Gasteiger partial charge is 0.238 e. The minimum atomic E-state index is -0.247. The molecule has 0 saturated carbocycles. The third-order valence-corrected chi connectivity index (χ3v) is 4.89. The van der Waals surface area contributed by atoms with E-state index < -0.39 is 0 Å². The van der Waals surface area contributed by atoms with E-state index in [1.807, 2.05) is 30.5 Å². The molecule has 0 atom stereocenters. The van der Waals surface area contributed by atoms with E-state index in [0.29, 0.717) is 15.7 Å². The van der Waals surface area contributed by atoms with Crippen molar-refractivity contribution in [2.24, 2.45) is 0 Å². The maximum atomic E-state index is 12.1. The van der Waals surface area contributed by atoms with Crippen molar-refractivity contribution in [3.05, 3.63) is 52.5 Å². The van der Waals surface area contributed by atoms with Crippen LogP contribution in [0.25, 0.3) is 0 Å². The largest absolute Gasteiger partial charge is 0.325 e. The number of thioether (sulfide) groups is 1. The molecule has 0 aliphatic carbocycles. The van der Waals surface area contributed by atoms with Gasteiger partial charge in [0.05, 0.1) is 23.1 Å². The zero-order valence-corrected chi connectivity index (χ0v) is 16.7. The Bertz CT molecular complexity index is 785. The highest BCUT2D eigenvalue weighted by atomic mass is 35.5. The molecule has 0 spiro atoms. The van der Waals surface area contributed by atoms with Crippen LogP contribution in [0.1, 0.15) is 0 Å². The second kappa shape index (κ2) is 9.83. The van der Waals surface area contributed by atoms with Gasteiger partial charge in [0.15, 0.2) is 0 Å². The maximum Gasteiger partial charge on any atom is 0.238 e. The van der Waals surface area contributed by atoms with Gasteiger partial charge in [-0.3, -0.25) is 14.5 Å². The molecule has 8 heteroatoms. The molecule has 0 aliphatic rings. The Kier molecular flexibility index (Phi) is 7.78. The van der Waals surface area contributed by atoms with Gasteiger partial charge in [-0.25, -0.2) is 0 Å².